The molecule has 0 spiro atoms. The maximum Gasteiger partial charge on any atom is 0.251 e. The van der Waals surface area contributed by atoms with Crippen LogP contribution >= 0.6 is 0 Å². The van der Waals surface area contributed by atoms with Crippen LogP contribution in [-0.4, -0.2) is 37.0 Å². The first kappa shape index (κ1) is 17.8. The quantitative estimate of drug-likeness (QED) is 0.626. The molecule has 4 nitrogen and oxygen atoms in total. The minimum Gasteiger partial charge on any atom is -0.399 e. The summed E-state index contributed by atoms with van der Waals surface area (Å²) in [6.45, 7) is 10.9. The number of amides is 1. The molecule has 23 heavy (non-hydrogen) atoms. The van der Waals surface area contributed by atoms with E-state index in [1.807, 2.05) is 19.1 Å². The third-order valence-electron chi connectivity index (χ3n) is 4.64. The van der Waals surface area contributed by atoms with Crippen LogP contribution in [0.2, 0.25) is 0 Å². The number of aryl methyl sites for hydroxylation is 1. The van der Waals surface area contributed by atoms with Gasteiger partial charge in [-0.05, 0) is 62.3 Å². The number of rotatable bonds is 6. The second-order valence-electron chi connectivity index (χ2n) is 7.24. The lowest BCUT2D eigenvalue weighted by atomic mass is 9.92. The molecule has 0 radical (unpaired) electrons. The van der Waals surface area contributed by atoms with Crippen molar-refractivity contribution in [1.29, 1.82) is 0 Å². The van der Waals surface area contributed by atoms with Crippen molar-refractivity contribution >= 4 is 11.6 Å². The first-order chi connectivity index (χ1) is 11.0. The van der Waals surface area contributed by atoms with Gasteiger partial charge in [-0.3, -0.25) is 4.79 Å². The third-order valence-corrected chi connectivity index (χ3v) is 4.64. The molecule has 2 rings (SSSR count). The van der Waals surface area contributed by atoms with Gasteiger partial charge in [-0.25, -0.2) is 0 Å². The molecule has 1 aliphatic heterocycles. The molecule has 0 bridgehead atoms. The predicted octanol–water partition coefficient (Wildman–Crippen LogP) is 3.07. The Morgan fingerprint density at radius 3 is 2.65 bits per heavy atom. The first-order valence-electron chi connectivity index (χ1n) is 8.82. The van der Waals surface area contributed by atoms with Crippen molar-refractivity contribution in [2.45, 2.75) is 40.0 Å². The fraction of sp³-hybridized carbons (Fsp3) is 0.632. The van der Waals surface area contributed by atoms with Gasteiger partial charge in [-0.15, -0.1) is 0 Å². The van der Waals surface area contributed by atoms with E-state index in [2.05, 4.69) is 24.1 Å². The van der Waals surface area contributed by atoms with Gasteiger partial charge in [0.05, 0.1) is 0 Å². The van der Waals surface area contributed by atoms with Crippen LogP contribution in [0.25, 0.3) is 0 Å². The number of hydrogen-bond acceptors (Lipinski definition) is 3. The smallest absolute Gasteiger partial charge is 0.251 e. The second-order valence-corrected chi connectivity index (χ2v) is 7.24. The van der Waals surface area contributed by atoms with Crippen LogP contribution in [0.4, 0.5) is 5.69 Å². The summed E-state index contributed by atoms with van der Waals surface area (Å²) in [6, 6.07) is 5.47. The van der Waals surface area contributed by atoms with Crippen LogP contribution in [0.15, 0.2) is 18.2 Å². The van der Waals surface area contributed by atoms with Crippen LogP contribution < -0.4 is 11.1 Å². The number of carbonyl (C=O) groups excluding carboxylic acids is 1. The average Bonchev–Trinajstić information content (AvgIpc) is 2.48. The topological polar surface area (TPSA) is 58.4 Å². The third kappa shape index (κ3) is 5.54. The molecule has 4 heteroatoms. The Labute approximate surface area is 140 Å². The molecular formula is C19H31N3O. The molecule has 1 aromatic carbocycles. The van der Waals surface area contributed by atoms with Crippen molar-refractivity contribution in [3.63, 3.8) is 0 Å². The number of hydrogen-bond donors (Lipinski definition) is 2. The molecule has 1 aromatic rings. The lowest BCUT2D eigenvalue weighted by Gasteiger charge is -2.34. The number of nitrogens with two attached hydrogens (primary N) is 1. The largest absolute Gasteiger partial charge is 0.399 e. The number of piperidine rings is 1. The summed E-state index contributed by atoms with van der Waals surface area (Å²) in [5, 5.41) is 3.01. The van der Waals surface area contributed by atoms with Crippen molar-refractivity contribution in [3.05, 3.63) is 29.3 Å². The lowest BCUT2D eigenvalue weighted by molar-refractivity contribution is 0.0951. The van der Waals surface area contributed by atoms with Crippen molar-refractivity contribution in [1.82, 2.24) is 10.2 Å². The van der Waals surface area contributed by atoms with Crippen LogP contribution in [0.1, 0.15) is 49.0 Å². The normalized spacial score (nSPS) is 22.0. The molecule has 0 aromatic heterocycles. The van der Waals surface area contributed by atoms with Crippen molar-refractivity contribution in [3.8, 4) is 0 Å². The average molecular weight is 317 g/mol. The summed E-state index contributed by atoms with van der Waals surface area (Å²) in [4.78, 5) is 14.8. The van der Waals surface area contributed by atoms with E-state index < -0.39 is 0 Å². The summed E-state index contributed by atoms with van der Waals surface area (Å²) in [5.74, 6) is 1.60. The maximum atomic E-state index is 12.2. The van der Waals surface area contributed by atoms with Gasteiger partial charge >= 0.3 is 0 Å². The van der Waals surface area contributed by atoms with Gasteiger partial charge in [-0.2, -0.15) is 0 Å². The molecule has 1 amide bonds. The number of likely N-dealkylation sites (tertiary alicyclic amines) is 1. The minimum absolute atomic E-state index is 0.0185. The Morgan fingerprint density at radius 2 is 1.96 bits per heavy atom. The molecular weight excluding hydrogens is 286 g/mol. The van der Waals surface area contributed by atoms with E-state index in [0.717, 1.165) is 43.3 Å². The summed E-state index contributed by atoms with van der Waals surface area (Å²) < 4.78 is 0. The number of nitrogen functional groups attached to an aromatic ring is 1. The molecule has 3 N–H and O–H groups in total. The number of carbonyl (C=O) groups is 1. The van der Waals surface area contributed by atoms with E-state index in [0.29, 0.717) is 11.3 Å². The van der Waals surface area contributed by atoms with Gasteiger partial charge in [0.25, 0.3) is 5.91 Å². The fourth-order valence-corrected chi connectivity index (χ4v) is 3.62. The Balaban J connectivity index is 1.67. The Bertz CT molecular complexity index is 519. The molecule has 1 aliphatic rings. The molecule has 2 unspecified atom stereocenters. The molecule has 0 saturated carbocycles. The SMILES string of the molecule is Cc1ccc(N)cc1C(=O)NCCCCN1CC(C)CC(C)C1. The summed E-state index contributed by atoms with van der Waals surface area (Å²) in [7, 11) is 0. The molecule has 0 aliphatic carbocycles. The number of unbranched alkanes of at least 4 members (excludes halogenated alkanes) is 1. The highest BCUT2D eigenvalue weighted by Crippen LogP contribution is 2.21. The van der Waals surface area contributed by atoms with Gasteiger partial charge in [0.15, 0.2) is 0 Å². The van der Waals surface area contributed by atoms with E-state index in [1.165, 1.54) is 19.5 Å². The van der Waals surface area contributed by atoms with Gasteiger partial charge in [0.1, 0.15) is 0 Å². The highest BCUT2D eigenvalue weighted by molar-refractivity contribution is 5.96. The van der Waals surface area contributed by atoms with Gasteiger partial charge in [0, 0.05) is 30.9 Å². The summed E-state index contributed by atoms with van der Waals surface area (Å²) in [6.07, 6.45) is 3.51. The lowest BCUT2D eigenvalue weighted by Crippen LogP contribution is -2.39. The standard InChI is InChI=1S/C19H31N3O/c1-14-10-15(2)13-22(12-14)9-5-4-8-21-19(23)18-11-17(20)7-6-16(18)3/h6-7,11,14-15H,4-5,8-10,12-13,20H2,1-3H3,(H,21,23). The zero-order chi connectivity index (χ0) is 16.8. The van der Waals surface area contributed by atoms with Crippen LogP contribution in [0, 0.1) is 18.8 Å². The van der Waals surface area contributed by atoms with E-state index in [1.54, 1.807) is 6.07 Å². The van der Waals surface area contributed by atoms with E-state index >= 15 is 0 Å². The van der Waals surface area contributed by atoms with Crippen molar-refractivity contribution in [2.24, 2.45) is 11.8 Å². The number of benzene rings is 1. The zero-order valence-corrected chi connectivity index (χ0v) is 14.8. The highest BCUT2D eigenvalue weighted by Gasteiger charge is 2.20. The Hall–Kier alpha value is -1.55. The van der Waals surface area contributed by atoms with Gasteiger partial charge in [-0.1, -0.05) is 19.9 Å². The van der Waals surface area contributed by atoms with Gasteiger partial charge < -0.3 is 16.0 Å². The predicted molar refractivity (Wildman–Crippen MR) is 96.5 cm³/mol. The van der Waals surface area contributed by atoms with Crippen LogP contribution in [0.5, 0.6) is 0 Å². The Kier molecular flexibility index (Phi) is 6.46. The Morgan fingerprint density at radius 1 is 1.26 bits per heavy atom. The second kappa shape index (κ2) is 8.34. The summed E-state index contributed by atoms with van der Waals surface area (Å²) >= 11 is 0. The molecule has 1 saturated heterocycles. The number of nitrogens with one attached hydrogen (secondary N) is 1. The maximum absolute atomic E-state index is 12.2. The first-order valence-corrected chi connectivity index (χ1v) is 8.82. The number of anilines is 1. The van der Waals surface area contributed by atoms with E-state index in [-0.39, 0.29) is 5.91 Å². The van der Waals surface area contributed by atoms with Crippen LogP contribution in [0.3, 0.4) is 0 Å². The minimum atomic E-state index is -0.0185. The van der Waals surface area contributed by atoms with E-state index in [9.17, 15) is 4.79 Å². The van der Waals surface area contributed by atoms with E-state index in [4.69, 9.17) is 5.73 Å². The molecule has 1 fully saturated rings. The molecule has 2 atom stereocenters. The number of nitrogens with zero attached hydrogens (tertiary/aromatic N) is 1. The monoisotopic (exact) mass is 317 g/mol. The fourth-order valence-electron chi connectivity index (χ4n) is 3.62. The van der Waals surface area contributed by atoms with Gasteiger partial charge in [0.2, 0.25) is 0 Å². The molecule has 128 valence electrons. The van der Waals surface area contributed by atoms with Crippen molar-refractivity contribution in [2.75, 3.05) is 31.9 Å². The summed E-state index contributed by atoms with van der Waals surface area (Å²) in [5.41, 5.74) is 8.04. The van der Waals surface area contributed by atoms with Crippen molar-refractivity contribution < 1.29 is 4.79 Å². The zero-order valence-electron chi connectivity index (χ0n) is 14.8. The van der Waals surface area contributed by atoms with Crippen LogP contribution in [-0.2, 0) is 0 Å². The molecule has 1 heterocycles. The highest BCUT2D eigenvalue weighted by atomic mass is 16.1.